The number of guanidine groups is 1. The normalized spacial score (nSPS) is 16.1. The van der Waals surface area contributed by atoms with Crippen LogP contribution in [0.15, 0.2) is 40.9 Å². The first-order valence-corrected chi connectivity index (χ1v) is 9.04. The molecule has 4 rings (SSSR count). The van der Waals surface area contributed by atoms with Crippen LogP contribution < -0.4 is 5.73 Å². The number of halogens is 3. The Morgan fingerprint density at radius 2 is 1.87 bits per heavy atom. The predicted molar refractivity (Wildman–Crippen MR) is 103 cm³/mol. The Labute approximate surface area is 173 Å². The molecular weight excluding hydrogens is 419 g/mol. The third-order valence-corrected chi connectivity index (χ3v) is 4.61. The fourth-order valence-corrected chi connectivity index (χ4v) is 3.17. The largest absolute Gasteiger partial charge is 0.508 e. The number of carbonyl (C=O) groups is 1. The zero-order chi connectivity index (χ0) is 22.8. The van der Waals surface area contributed by atoms with E-state index in [4.69, 9.17) is 25.6 Å². The topological polar surface area (TPSA) is 150 Å². The Balaban J connectivity index is 0.000000339. The van der Waals surface area contributed by atoms with E-state index in [0.29, 0.717) is 11.7 Å². The second kappa shape index (κ2) is 8.50. The van der Waals surface area contributed by atoms with E-state index in [0.717, 1.165) is 35.7 Å². The lowest BCUT2D eigenvalue weighted by atomic mass is 10.1. The number of alkyl halides is 3. The van der Waals surface area contributed by atoms with Gasteiger partial charge in [-0.25, -0.2) is 4.79 Å². The fraction of sp³-hybridized carbons (Fsp3) is 0.263. The SMILES string of the molecule is N=C(N)N1CCC[C@H]1c1nc(-c2ccc3cc(O)ccc3c2)no1.O=C(O)C(F)(F)F. The first-order valence-electron chi connectivity index (χ1n) is 9.04. The number of carboxylic acids is 1. The third-order valence-electron chi connectivity index (χ3n) is 4.61. The molecule has 0 unspecified atom stereocenters. The molecule has 2 aromatic carbocycles. The number of nitrogens with one attached hydrogen (secondary N) is 1. The van der Waals surface area contributed by atoms with Crippen molar-refractivity contribution in [3.05, 3.63) is 42.3 Å². The number of aromatic hydroxyl groups is 1. The maximum absolute atomic E-state index is 10.6. The fourth-order valence-electron chi connectivity index (χ4n) is 3.17. The number of nitrogens with zero attached hydrogens (tertiary/aromatic N) is 3. The van der Waals surface area contributed by atoms with E-state index in [1.807, 2.05) is 24.3 Å². The Hall–Kier alpha value is -3.83. The second-order valence-electron chi connectivity index (χ2n) is 6.74. The number of aromatic nitrogens is 2. The molecule has 3 aromatic rings. The summed E-state index contributed by atoms with van der Waals surface area (Å²) in [4.78, 5) is 15.2. The van der Waals surface area contributed by atoms with Crippen LogP contribution >= 0.6 is 0 Å². The number of fused-ring (bicyclic) bond motifs is 1. The highest BCUT2D eigenvalue weighted by molar-refractivity contribution is 5.87. The number of nitrogens with two attached hydrogens (primary N) is 1. The molecule has 0 amide bonds. The van der Waals surface area contributed by atoms with Crippen LogP contribution in [-0.4, -0.2) is 49.9 Å². The molecule has 0 radical (unpaired) electrons. The first kappa shape index (κ1) is 21.9. The lowest BCUT2D eigenvalue weighted by molar-refractivity contribution is -0.192. The lowest BCUT2D eigenvalue weighted by Crippen LogP contribution is -2.35. The van der Waals surface area contributed by atoms with E-state index >= 15 is 0 Å². The lowest BCUT2D eigenvalue weighted by Gasteiger charge is -2.21. The van der Waals surface area contributed by atoms with Gasteiger partial charge in [0, 0.05) is 12.1 Å². The number of aliphatic carboxylic acids is 1. The van der Waals surface area contributed by atoms with Gasteiger partial charge < -0.3 is 25.4 Å². The molecule has 164 valence electrons. The predicted octanol–water partition coefficient (Wildman–Crippen LogP) is 3.26. The Bertz CT molecular complexity index is 1120. The number of phenolic OH excluding ortho intramolecular Hbond substituents is 1. The second-order valence-corrected chi connectivity index (χ2v) is 6.74. The zero-order valence-electron chi connectivity index (χ0n) is 15.9. The van der Waals surface area contributed by atoms with Crippen molar-refractivity contribution in [2.75, 3.05) is 6.54 Å². The van der Waals surface area contributed by atoms with Gasteiger partial charge in [-0.2, -0.15) is 18.2 Å². The molecule has 1 aliphatic heterocycles. The van der Waals surface area contributed by atoms with E-state index in [1.165, 1.54) is 0 Å². The summed E-state index contributed by atoms with van der Waals surface area (Å²) in [6.07, 6.45) is -3.29. The summed E-state index contributed by atoms with van der Waals surface area (Å²) in [5.41, 5.74) is 6.46. The average Bonchev–Trinajstić information content (AvgIpc) is 3.36. The van der Waals surface area contributed by atoms with Crippen LogP contribution in [0.4, 0.5) is 13.2 Å². The van der Waals surface area contributed by atoms with Crippen LogP contribution in [0, 0.1) is 5.41 Å². The van der Waals surface area contributed by atoms with Gasteiger partial charge in [0.1, 0.15) is 11.8 Å². The van der Waals surface area contributed by atoms with Crippen molar-refractivity contribution >= 4 is 22.7 Å². The number of rotatable bonds is 2. The Kier molecular flexibility index (Phi) is 5.99. The van der Waals surface area contributed by atoms with Gasteiger partial charge in [-0.1, -0.05) is 23.4 Å². The van der Waals surface area contributed by atoms with Gasteiger partial charge in [0.2, 0.25) is 11.7 Å². The van der Waals surface area contributed by atoms with Crippen molar-refractivity contribution in [2.45, 2.75) is 25.1 Å². The molecule has 12 heteroatoms. The van der Waals surface area contributed by atoms with E-state index < -0.39 is 12.1 Å². The molecule has 0 spiro atoms. The van der Waals surface area contributed by atoms with Crippen LogP contribution in [-0.2, 0) is 4.79 Å². The van der Waals surface area contributed by atoms with E-state index in [9.17, 15) is 18.3 Å². The van der Waals surface area contributed by atoms with Crippen LogP contribution in [0.1, 0.15) is 24.8 Å². The van der Waals surface area contributed by atoms with Crippen molar-refractivity contribution in [3.63, 3.8) is 0 Å². The summed E-state index contributed by atoms with van der Waals surface area (Å²) >= 11 is 0. The quantitative estimate of drug-likeness (QED) is 0.352. The van der Waals surface area contributed by atoms with Crippen LogP contribution in [0.2, 0.25) is 0 Å². The number of likely N-dealkylation sites (tertiary alicyclic amines) is 1. The van der Waals surface area contributed by atoms with Crippen LogP contribution in [0.5, 0.6) is 5.75 Å². The Morgan fingerprint density at radius 3 is 2.52 bits per heavy atom. The maximum atomic E-state index is 10.6. The maximum Gasteiger partial charge on any atom is 0.490 e. The van der Waals surface area contributed by atoms with Gasteiger partial charge >= 0.3 is 12.1 Å². The molecular formula is C19H18F3N5O4. The summed E-state index contributed by atoms with van der Waals surface area (Å²) in [5.74, 6) is -1.49. The monoisotopic (exact) mass is 437 g/mol. The van der Waals surface area contributed by atoms with Crippen molar-refractivity contribution in [2.24, 2.45) is 5.73 Å². The molecule has 1 fully saturated rings. The van der Waals surface area contributed by atoms with E-state index in [-0.39, 0.29) is 17.8 Å². The summed E-state index contributed by atoms with van der Waals surface area (Å²) in [5, 5.41) is 30.3. The van der Waals surface area contributed by atoms with E-state index in [2.05, 4.69) is 10.1 Å². The molecule has 31 heavy (non-hydrogen) atoms. The van der Waals surface area contributed by atoms with Crippen LogP contribution in [0.3, 0.4) is 0 Å². The van der Waals surface area contributed by atoms with Gasteiger partial charge in [0.25, 0.3) is 0 Å². The summed E-state index contributed by atoms with van der Waals surface area (Å²) < 4.78 is 37.2. The molecule has 0 saturated carbocycles. The molecule has 1 saturated heterocycles. The van der Waals surface area contributed by atoms with Crippen molar-refractivity contribution in [1.82, 2.24) is 15.0 Å². The molecule has 1 aliphatic rings. The smallest absolute Gasteiger partial charge is 0.490 e. The summed E-state index contributed by atoms with van der Waals surface area (Å²) in [6, 6.07) is 10.9. The van der Waals surface area contributed by atoms with Gasteiger partial charge in [-0.15, -0.1) is 0 Å². The number of carboxylic acid groups (broad SMARTS) is 1. The molecule has 1 aromatic heterocycles. The standard InChI is InChI=1S/C17H17N5O2.C2HF3O2/c18-17(19)22-7-1-2-14(22)16-20-15(21-24-16)12-4-3-11-9-13(23)6-5-10(11)8-12;3-2(4,5)1(6)7/h3-6,8-9,14,23H,1-2,7H2,(H3,18,19);(H,6,7)/t14-;/m0./s1. The van der Waals surface area contributed by atoms with E-state index in [1.54, 1.807) is 17.0 Å². The number of benzene rings is 2. The van der Waals surface area contributed by atoms with Crippen molar-refractivity contribution in [1.29, 1.82) is 5.41 Å². The van der Waals surface area contributed by atoms with Gasteiger partial charge in [-0.05, 0) is 41.8 Å². The highest BCUT2D eigenvalue weighted by Gasteiger charge is 2.38. The summed E-state index contributed by atoms with van der Waals surface area (Å²) in [6.45, 7) is 0.733. The number of phenols is 1. The van der Waals surface area contributed by atoms with Gasteiger partial charge in [0.05, 0.1) is 0 Å². The number of hydrogen-bond acceptors (Lipinski definition) is 6. The molecule has 1 atom stereocenters. The average molecular weight is 437 g/mol. The van der Waals surface area contributed by atoms with Crippen LogP contribution in [0.25, 0.3) is 22.2 Å². The summed E-state index contributed by atoms with van der Waals surface area (Å²) in [7, 11) is 0. The number of hydrogen-bond donors (Lipinski definition) is 4. The van der Waals surface area contributed by atoms with Crippen molar-refractivity contribution < 1.29 is 32.7 Å². The van der Waals surface area contributed by atoms with Gasteiger partial charge in [0.15, 0.2) is 5.96 Å². The first-order chi connectivity index (χ1) is 14.6. The molecule has 2 heterocycles. The molecule has 0 bridgehead atoms. The zero-order valence-corrected chi connectivity index (χ0v) is 15.9. The minimum absolute atomic E-state index is 0.0303. The highest BCUT2D eigenvalue weighted by Crippen LogP contribution is 2.32. The minimum atomic E-state index is -5.08. The minimum Gasteiger partial charge on any atom is -0.508 e. The van der Waals surface area contributed by atoms with Crippen molar-refractivity contribution in [3.8, 4) is 17.1 Å². The van der Waals surface area contributed by atoms with Gasteiger partial charge in [-0.3, -0.25) is 5.41 Å². The highest BCUT2D eigenvalue weighted by atomic mass is 19.4. The third kappa shape index (κ3) is 5.02. The molecule has 5 N–H and O–H groups in total. The molecule has 9 nitrogen and oxygen atoms in total. The molecule has 0 aliphatic carbocycles. The Morgan fingerprint density at radius 1 is 1.23 bits per heavy atom.